The smallest absolute Gasteiger partial charge is 0.227 e. The van der Waals surface area contributed by atoms with Crippen molar-refractivity contribution in [1.29, 1.82) is 0 Å². The lowest BCUT2D eigenvalue weighted by Crippen LogP contribution is -2.39. The van der Waals surface area contributed by atoms with E-state index < -0.39 is 5.72 Å². The Hall–Kier alpha value is -2.12. The molecule has 1 amide bonds. The molecule has 0 N–H and O–H groups in total. The molecule has 1 aromatic rings. The molecule has 1 heterocycles. The summed E-state index contributed by atoms with van der Waals surface area (Å²) in [5, 5.41) is 1.65. The fourth-order valence-electron chi connectivity index (χ4n) is 2.77. The highest BCUT2D eigenvalue weighted by Gasteiger charge is 2.38. The van der Waals surface area contributed by atoms with E-state index in [1.165, 1.54) is 0 Å². The molecule has 144 valence electrons. The molecule has 0 radical (unpaired) electrons. The van der Waals surface area contributed by atoms with Crippen molar-refractivity contribution in [3.8, 4) is 0 Å². The van der Waals surface area contributed by atoms with Crippen molar-refractivity contribution in [2.45, 2.75) is 19.1 Å². The van der Waals surface area contributed by atoms with E-state index in [1.54, 1.807) is 9.96 Å². The number of benzene rings is 1. The van der Waals surface area contributed by atoms with Crippen LogP contribution in [0.4, 0.5) is 5.69 Å². The number of carbonyl (C=O) groups excluding carboxylic acids is 1. The van der Waals surface area contributed by atoms with Gasteiger partial charge in [0.1, 0.15) is 0 Å². The number of nitrogens with zero attached hydrogens (tertiary/aromatic N) is 5. The van der Waals surface area contributed by atoms with Crippen molar-refractivity contribution >= 4 is 17.4 Å². The lowest BCUT2D eigenvalue weighted by molar-refractivity contribution is -0.170. The van der Waals surface area contributed by atoms with Gasteiger partial charge < -0.3 is 14.7 Å². The van der Waals surface area contributed by atoms with Gasteiger partial charge in [-0.15, -0.1) is 0 Å². The number of anilines is 1. The van der Waals surface area contributed by atoms with Gasteiger partial charge in [-0.25, -0.2) is 14.9 Å². The standard InChI is InChI=1S/C19H31N5O2/c1-19(14-17(25)23(6)13-12-21(2)3)20-18(24(7)26-19)15-8-10-16(11-9-15)22(4)5/h8-11H,12-14H2,1-7H3. The van der Waals surface area contributed by atoms with Crippen LogP contribution in [0.1, 0.15) is 18.9 Å². The van der Waals surface area contributed by atoms with Crippen LogP contribution in [-0.4, -0.2) is 87.7 Å². The molecule has 0 bridgehead atoms. The van der Waals surface area contributed by atoms with E-state index >= 15 is 0 Å². The second kappa shape index (κ2) is 8.05. The molecule has 0 fully saturated rings. The Bertz CT molecular complexity index is 656. The van der Waals surface area contributed by atoms with E-state index in [1.807, 2.05) is 78.4 Å². The van der Waals surface area contributed by atoms with Crippen molar-refractivity contribution in [2.75, 3.05) is 60.3 Å². The normalized spacial score (nSPS) is 19.7. The van der Waals surface area contributed by atoms with Crippen molar-refractivity contribution in [2.24, 2.45) is 4.99 Å². The third kappa shape index (κ3) is 4.95. The van der Waals surface area contributed by atoms with E-state index in [4.69, 9.17) is 9.83 Å². The number of amidine groups is 1. The maximum atomic E-state index is 12.5. The molecule has 0 saturated heterocycles. The van der Waals surface area contributed by atoms with Gasteiger partial charge >= 0.3 is 0 Å². The van der Waals surface area contributed by atoms with Gasteiger partial charge in [0.25, 0.3) is 0 Å². The molecule has 0 aliphatic carbocycles. The van der Waals surface area contributed by atoms with Gasteiger partial charge in [0.15, 0.2) is 11.6 Å². The first-order chi connectivity index (χ1) is 12.1. The largest absolute Gasteiger partial charge is 0.378 e. The number of rotatable bonds is 7. The third-order valence-corrected chi connectivity index (χ3v) is 4.40. The molecule has 0 aromatic heterocycles. The zero-order chi connectivity index (χ0) is 19.5. The van der Waals surface area contributed by atoms with Gasteiger partial charge in [0, 0.05) is 52.5 Å². The Labute approximate surface area is 156 Å². The maximum Gasteiger partial charge on any atom is 0.227 e. The number of carbonyl (C=O) groups is 1. The van der Waals surface area contributed by atoms with Crippen LogP contribution < -0.4 is 4.90 Å². The van der Waals surface area contributed by atoms with Crippen molar-refractivity contribution < 1.29 is 9.63 Å². The summed E-state index contributed by atoms with van der Waals surface area (Å²) >= 11 is 0. The first-order valence-corrected chi connectivity index (χ1v) is 8.80. The molecule has 7 nitrogen and oxygen atoms in total. The number of hydrogen-bond acceptors (Lipinski definition) is 6. The van der Waals surface area contributed by atoms with Gasteiger partial charge in [0.05, 0.1) is 6.42 Å². The topological polar surface area (TPSA) is 51.6 Å². The predicted octanol–water partition coefficient (Wildman–Crippen LogP) is 1.50. The molecule has 0 saturated carbocycles. The summed E-state index contributed by atoms with van der Waals surface area (Å²) in [5.74, 6) is 0.761. The number of likely N-dealkylation sites (N-methyl/N-ethyl adjacent to an activating group) is 2. The van der Waals surface area contributed by atoms with E-state index in [-0.39, 0.29) is 12.3 Å². The monoisotopic (exact) mass is 361 g/mol. The number of amides is 1. The highest BCUT2D eigenvalue weighted by molar-refractivity contribution is 5.99. The fourth-order valence-corrected chi connectivity index (χ4v) is 2.77. The van der Waals surface area contributed by atoms with Gasteiger partial charge in [-0.1, -0.05) is 0 Å². The molecular formula is C19H31N5O2. The molecule has 1 aliphatic rings. The fraction of sp³-hybridized carbons (Fsp3) is 0.579. The van der Waals surface area contributed by atoms with Crippen molar-refractivity contribution in [1.82, 2.24) is 14.9 Å². The zero-order valence-electron chi connectivity index (χ0n) is 17.0. The molecule has 0 spiro atoms. The predicted molar refractivity (Wildman–Crippen MR) is 105 cm³/mol. The summed E-state index contributed by atoms with van der Waals surface area (Å²) in [6.45, 7) is 3.36. The van der Waals surface area contributed by atoms with Crippen molar-refractivity contribution in [3.63, 3.8) is 0 Å². The minimum atomic E-state index is -0.881. The summed E-state index contributed by atoms with van der Waals surface area (Å²) in [4.78, 5) is 29.0. The highest BCUT2D eigenvalue weighted by Crippen LogP contribution is 2.29. The summed E-state index contributed by atoms with van der Waals surface area (Å²) in [6.07, 6.45) is 0.209. The van der Waals surface area contributed by atoms with Crippen LogP contribution >= 0.6 is 0 Å². The first-order valence-electron chi connectivity index (χ1n) is 8.80. The third-order valence-electron chi connectivity index (χ3n) is 4.40. The summed E-state index contributed by atoms with van der Waals surface area (Å²) in [5.41, 5.74) is 1.21. The lowest BCUT2D eigenvalue weighted by atomic mass is 10.1. The van der Waals surface area contributed by atoms with Crippen LogP contribution in [0.2, 0.25) is 0 Å². The average Bonchev–Trinajstić information content (AvgIpc) is 2.86. The van der Waals surface area contributed by atoms with E-state index in [2.05, 4.69) is 4.90 Å². The number of aliphatic imine (C=N–C) groups is 1. The first kappa shape index (κ1) is 20.2. The van der Waals surface area contributed by atoms with E-state index in [9.17, 15) is 4.79 Å². The molecular weight excluding hydrogens is 330 g/mol. The van der Waals surface area contributed by atoms with Gasteiger partial charge in [0.2, 0.25) is 5.91 Å². The Kier molecular flexibility index (Phi) is 6.26. The second-order valence-corrected chi connectivity index (χ2v) is 7.44. The summed E-state index contributed by atoms with van der Waals surface area (Å²) in [6, 6.07) is 8.12. The Balaban J connectivity index is 2.09. The minimum Gasteiger partial charge on any atom is -0.378 e. The van der Waals surface area contributed by atoms with Crippen LogP contribution in [0.15, 0.2) is 29.3 Å². The van der Waals surface area contributed by atoms with Crippen LogP contribution in [0.3, 0.4) is 0 Å². The number of hydrogen-bond donors (Lipinski definition) is 0. The van der Waals surface area contributed by atoms with Crippen LogP contribution in [0.25, 0.3) is 0 Å². The Morgan fingerprint density at radius 2 is 1.73 bits per heavy atom. The average molecular weight is 361 g/mol. The SMILES string of the molecule is CN(C)CCN(C)C(=O)CC1(C)N=C(c2ccc(N(C)C)cc2)N(C)O1. The summed E-state index contributed by atoms with van der Waals surface area (Å²) in [7, 11) is 11.6. The van der Waals surface area contributed by atoms with E-state index in [0.29, 0.717) is 6.54 Å². The van der Waals surface area contributed by atoms with Crippen LogP contribution in [0, 0.1) is 0 Å². The van der Waals surface area contributed by atoms with Gasteiger partial charge in [-0.05, 0) is 45.3 Å². The molecule has 7 heteroatoms. The van der Waals surface area contributed by atoms with Gasteiger partial charge in [-0.3, -0.25) is 4.79 Å². The van der Waals surface area contributed by atoms with Crippen molar-refractivity contribution in [3.05, 3.63) is 29.8 Å². The van der Waals surface area contributed by atoms with Gasteiger partial charge in [-0.2, -0.15) is 0 Å². The summed E-state index contributed by atoms with van der Waals surface area (Å²) < 4.78 is 0. The van der Waals surface area contributed by atoms with Crippen LogP contribution in [0.5, 0.6) is 0 Å². The maximum absolute atomic E-state index is 12.5. The van der Waals surface area contributed by atoms with Crippen LogP contribution in [-0.2, 0) is 9.63 Å². The quantitative estimate of drug-likeness (QED) is 0.737. The number of hydroxylamine groups is 2. The molecule has 1 aromatic carbocycles. The second-order valence-electron chi connectivity index (χ2n) is 7.44. The molecule has 2 rings (SSSR count). The zero-order valence-corrected chi connectivity index (χ0v) is 17.0. The molecule has 1 unspecified atom stereocenters. The Morgan fingerprint density at radius 3 is 2.27 bits per heavy atom. The molecule has 26 heavy (non-hydrogen) atoms. The minimum absolute atomic E-state index is 0.0238. The Morgan fingerprint density at radius 1 is 1.12 bits per heavy atom. The lowest BCUT2D eigenvalue weighted by Gasteiger charge is -2.25. The van der Waals surface area contributed by atoms with E-state index in [0.717, 1.165) is 23.6 Å². The highest BCUT2D eigenvalue weighted by atomic mass is 16.7. The molecule has 1 atom stereocenters. The molecule has 1 aliphatic heterocycles.